The number of benzene rings is 2. The highest BCUT2D eigenvalue weighted by Gasteiger charge is 2.22. The van der Waals surface area contributed by atoms with Crippen LogP contribution in [0, 0.1) is 10.1 Å². The normalized spacial score (nSPS) is 11.5. The zero-order chi connectivity index (χ0) is 19.8. The molecule has 0 fully saturated rings. The van der Waals surface area contributed by atoms with E-state index in [9.17, 15) is 19.7 Å². The van der Waals surface area contributed by atoms with E-state index in [-0.39, 0.29) is 17.2 Å². The third kappa shape index (κ3) is 6.37. The number of anilines is 1. The van der Waals surface area contributed by atoms with Crippen molar-refractivity contribution in [1.29, 1.82) is 0 Å². The second-order valence-electron chi connectivity index (χ2n) is 5.61. The van der Waals surface area contributed by atoms with E-state index in [1.165, 1.54) is 24.3 Å². The number of amides is 2. The number of nitrogens with one attached hydrogen (secondary N) is 2. The van der Waals surface area contributed by atoms with Crippen LogP contribution in [-0.2, 0) is 4.79 Å². The van der Waals surface area contributed by atoms with Gasteiger partial charge in [-0.1, -0.05) is 28.1 Å². The Balaban J connectivity index is 2.13. The lowest BCUT2D eigenvalue weighted by Gasteiger charge is -2.18. The van der Waals surface area contributed by atoms with Gasteiger partial charge in [0.15, 0.2) is 0 Å². The summed E-state index contributed by atoms with van der Waals surface area (Å²) in [6, 6.07) is 11.8. The summed E-state index contributed by atoms with van der Waals surface area (Å²) >= 11 is 4.90. The van der Waals surface area contributed by atoms with Gasteiger partial charge >= 0.3 is 0 Å². The number of carbonyl (C=O) groups excluding carboxylic acids is 2. The highest BCUT2D eigenvalue weighted by atomic mass is 79.9. The van der Waals surface area contributed by atoms with Crippen LogP contribution in [0.2, 0.25) is 0 Å². The molecule has 2 aromatic rings. The first-order valence-corrected chi connectivity index (χ1v) is 10.2. The summed E-state index contributed by atoms with van der Waals surface area (Å²) in [6.07, 6.45) is 2.34. The molecule has 0 radical (unpaired) electrons. The summed E-state index contributed by atoms with van der Waals surface area (Å²) in [5, 5.41) is 16.3. The van der Waals surface area contributed by atoms with Crippen molar-refractivity contribution in [2.24, 2.45) is 0 Å². The number of non-ortho nitro benzene ring substituents is 1. The largest absolute Gasteiger partial charge is 0.340 e. The first-order chi connectivity index (χ1) is 12.9. The van der Waals surface area contributed by atoms with E-state index in [2.05, 4.69) is 26.6 Å². The Morgan fingerprint density at radius 3 is 2.63 bits per heavy atom. The second kappa shape index (κ2) is 10.1. The zero-order valence-corrected chi connectivity index (χ0v) is 16.9. The molecule has 0 aliphatic carbocycles. The number of hydrogen-bond donors (Lipinski definition) is 2. The minimum Gasteiger partial charge on any atom is -0.340 e. The predicted molar refractivity (Wildman–Crippen MR) is 110 cm³/mol. The van der Waals surface area contributed by atoms with Crippen LogP contribution in [0.4, 0.5) is 11.4 Å². The highest BCUT2D eigenvalue weighted by molar-refractivity contribution is 9.10. The Hall–Kier alpha value is -2.39. The number of rotatable bonds is 8. The van der Waals surface area contributed by atoms with Gasteiger partial charge in [0.25, 0.3) is 11.6 Å². The molecule has 0 aliphatic rings. The molecular formula is C18H18BrN3O4S. The van der Waals surface area contributed by atoms with Gasteiger partial charge in [0, 0.05) is 27.9 Å². The quantitative estimate of drug-likeness (QED) is 0.468. The Morgan fingerprint density at radius 2 is 1.96 bits per heavy atom. The third-order valence-electron chi connectivity index (χ3n) is 3.64. The monoisotopic (exact) mass is 451 g/mol. The smallest absolute Gasteiger partial charge is 0.270 e. The van der Waals surface area contributed by atoms with Crippen molar-refractivity contribution in [3.05, 3.63) is 68.7 Å². The molecule has 2 amide bonds. The fourth-order valence-electron chi connectivity index (χ4n) is 2.30. The van der Waals surface area contributed by atoms with Crippen molar-refractivity contribution in [2.75, 3.05) is 17.3 Å². The molecule has 0 heterocycles. The van der Waals surface area contributed by atoms with Gasteiger partial charge in [0.2, 0.25) is 5.91 Å². The molecule has 0 aliphatic heterocycles. The summed E-state index contributed by atoms with van der Waals surface area (Å²) in [5.41, 5.74) is 0.559. The van der Waals surface area contributed by atoms with E-state index >= 15 is 0 Å². The van der Waals surface area contributed by atoms with E-state index in [4.69, 9.17) is 0 Å². The minimum atomic E-state index is -0.761. The van der Waals surface area contributed by atoms with Crippen LogP contribution in [0.15, 0.2) is 53.0 Å². The van der Waals surface area contributed by atoms with Crippen molar-refractivity contribution in [1.82, 2.24) is 5.32 Å². The molecule has 7 nitrogen and oxygen atoms in total. The fraction of sp³-hybridized carbons (Fsp3) is 0.222. The molecule has 0 saturated heterocycles. The molecule has 142 valence electrons. The SMILES string of the molecule is CSCCC(NC(=O)c1cccc([N+](=O)[O-])c1)C(=O)Nc1cccc(Br)c1. The molecular weight excluding hydrogens is 434 g/mol. The summed E-state index contributed by atoms with van der Waals surface area (Å²) < 4.78 is 0.821. The summed E-state index contributed by atoms with van der Waals surface area (Å²) in [5.74, 6) is -0.207. The van der Waals surface area contributed by atoms with E-state index in [0.717, 1.165) is 4.47 Å². The number of nitro benzene ring substituents is 1. The Labute approximate surface area is 169 Å². The van der Waals surface area contributed by atoms with Crippen LogP contribution < -0.4 is 10.6 Å². The van der Waals surface area contributed by atoms with Crippen LogP contribution in [0.5, 0.6) is 0 Å². The first-order valence-electron chi connectivity index (χ1n) is 8.01. The third-order valence-corrected chi connectivity index (χ3v) is 4.78. The Kier molecular flexibility index (Phi) is 7.81. The summed E-state index contributed by atoms with van der Waals surface area (Å²) in [7, 11) is 0. The Morgan fingerprint density at radius 1 is 1.22 bits per heavy atom. The number of carbonyl (C=O) groups is 2. The molecule has 0 bridgehead atoms. The average molecular weight is 452 g/mol. The lowest BCUT2D eigenvalue weighted by atomic mass is 10.1. The Bertz CT molecular complexity index is 847. The molecule has 2 N–H and O–H groups in total. The van der Waals surface area contributed by atoms with Crippen LogP contribution in [0.1, 0.15) is 16.8 Å². The minimum absolute atomic E-state index is 0.133. The highest BCUT2D eigenvalue weighted by Crippen LogP contribution is 2.17. The van der Waals surface area contributed by atoms with Gasteiger partial charge in [-0.15, -0.1) is 0 Å². The summed E-state index contributed by atoms with van der Waals surface area (Å²) in [4.78, 5) is 35.4. The van der Waals surface area contributed by atoms with Crippen LogP contribution in [0.3, 0.4) is 0 Å². The molecule has 0 spiro atoms. The molecule has 1 unspecified atom stereocenters. The van der Waals surface area contributed by atoms with Gasteiger partial charge in [-0.2, -0.15) is 11.8 Å². The van der Waals surface area contributed by atoms with Crippen LogP contribution >= 0.6 is 27.7 Å². The lowest BCUT2D eigenvalue weighted by molar-refractivity contribution is -0.384. The number of nitrogens with zero attached hydrogens (tertiary/aromatic N) is 1. The maximum absolute atomic E-state index is 12.6. The number of nitro groups is 1. The molecule has 9 heteroatoms. The average Bonchev–Trinajstić information content (AvgIpc) is 2.65. The standard InChI is InChI=1S/C18H18BrN3O4S/c1-27-9-8-16(18(24)20-14-6-3-5-13(19)11-14)21-17(23)12-4-2-7-15(10-12)22(25)26/h2-7,10-11,16H,8-9H2,1H3,(H,20,24)(H,21,23). The second-order valence-corrected chi connectivity index (χ2v) is 7.52. The lowest BCUT2D eigenvalue weighted by Crippen LogP contribution is -2.44. The predicted octanol–water partition coefficient (Wildman–Crippen LogP) is 3.85. The van der Waals surface area contributed by atoms with E-state index < -0.39 is 16.9 Å². The topological polar surface area (TPSA) is 101 Å². The van der Waals surface area contributed by atoms with E-state index in [1.807, 2.05) is 12.3 Å². The summed E-state index contributed by atoms with van der Waals surface area (Å²) in [6.45, 7) is 0. The van der Waals surface area contributed by atoms with Gasteiger partial charge in [-0.3, -0.25) is 19.7 Å². The van der Waals surface area contributed by atoms with Crippen molar-refractivity contribution in [3.63, 3.8) is 0 Å². The van der Waals surface area contributed by atoms with E-state index in [0.29, 0.717) is 17.9 Å². The van der Waals surface area contributed by atoms with Gasteiger partial charge in [0.1, 0.15) is 6.04 Å². The zero-order valence-electron chi connectivity index (χ0n) is 14.5. The number of thioether (sulfide) groups is 1. The van der Waals surface area contributed by atoms with Crippen molar-refractivity contribution in [2.45, 2.75) is 12.5 Å². The first kappa shape index (κ1) is 20.9. The van der Waals surface area contributed by atoms with Gasteiger partial charge < -0.3 is 10.6 Å². The molecule has 0 aromatic heterocycles. The number of hydrogen-bond acceptors (Lipinski definition) is 5. The maximum atomic E-state index is 12.6. The molecule has 27 heavy (non-hydrogen) atoms. The van der Waals surface area contributed by atoms with Crippen molar-refractivity contribution in [3.8, 4) is 0 Å². The fourth-order valence-corrected chi connectivity index (χ4v) is 3.17. The molecule has 2 rings (SSSR count). The van der Waals surface area contributed by atoms with Crippen molar-refractivity contribution < 1.29 is 14.5 Å². The van der Waals surface area contributed by atoms with Crippen LogP contribution in [-0.4, -0.2) is 34.8 Å². The van der Waals surface area contributed by atoms with Gasteiger partial charge in [-0.05, 0) is 42.7 Å². The molecule has 1 atom stereocenters. The molecule has 2 aromatic carbocycles. The van der Waals surface area contributed by atoms with E-state index in [1.54, 1.807) is 30.0 Å². The van der Waals surface area contributed by atoms with Gasteiger partial charge in [-0.25, -0.2) is 0 Å². The maximum Gasteiger partial charge on any atom is 0.270 e. The molecule has 0 saturated carbocycles. The van der Waals surface area contributed by atoms with Crippen LogP contribution in [0.25, 0.3) is 0 Å². The van der Waals surface area contributed by atoms with Gasteiger partial charge in [0.05, 0.1) is 4.92 Å². The number of halogens is 1. The van der Waals surface area contributed by atoms with Crippen molar-refractivity contribution >= 4 is 50.9 Å².